The molecule has 2 N–H and O–H groups in total. The minimum Gasteiger partial charge on any atom is -0.361 e. The normalized spacial score (nSPS) is 12.6. The molecule has 0 saturated carbocycles. The summed E-state index contributed by atoms with van der Waals surface area (Å²) in [5, 5.41) is 6.09. The minimum atomic E-state index is -3.62. The van der Waals surface area contributed by atoms with Crippen molar-refractivity contribution in [3.8, 4) is 0 Å². The molecule has 0 saturated heterocycles. The van der Waals surface area contributed by atoms with Gasteiger partial charge in [-0.2, -0.15) is 0 Å². The number of aromatic amines is 1. The number of rotatable bonds is 8. The first-order chi connectivity index (χ1) is 15.3. The molecule has 0 spiro atoms. The van der Waals surface area contributed by atoms with Crippen LogP contribution in [0.25, 0.3) is 10.9 Å². The van der Waals surface area contributed by atoms with Crippen molar-refractivity contribution >= 4 is 43.9 Å². The summed E-state index contributed by atoms with van der Waals surface area (Å²) in [4.78, 5) is 17.3. The number of hydrogen-bond donors (Lipinski definition) is 2. The molecule has 8 heteroatoms. The van der Waals surface area contributed by atoms with E-state index in [1.54, 1.807) is 23.5 Å². The van der Waals surface area contributed by atoms with Gasteiger partial charge in [0.25, 0.3) is 0 Å². The van der Waals surface area contributed by atoms with E-state index in [4.69, 9.17) is 0 Å². The Morgan fingerprint density at radius 1 is 1.09 bits per heavy atom. The lowest BCUT2D eigenvalue weighted by Crippen LogP contribution is -2.41. The number of para-hydroxylation sites is 2. The van der Waals surface area contributed by atoms with E-state index in [-0.39, 0.29) is 18.4 Å². The van der Waals surface area contributed by atoms with Crippen LogP contribution < -0.4 is 9.62 Å². The molecule has 1 unspecified atom stereocenters. The molecule has 1 amide bonds. The lowest BCUT2D eigenvalue weighted by atomic mass is 9.96. The second-order valence-corrected chi connectivity index (χ2v) is 10.6. The zero-order valence-electron chi connectivity index (χ0n) is 17.9. The third kappa shape index (κ3) is 4.71. The maximum Gasteiger partial charge on any atom is 0.240 e. The Kier molecular flexibility index (Phi) is 6.34. The first-order valence-electron chi connectivity index (χ1n) is 10.2. The van der Waals surface area contributed by atoms with Crippen molar-refractivity contribution in [1.29, 1.82) is 0 Å². The van der Waals surface area contributed by atoms with Gasteiger partial charge in [-0.3, -0.25) is 9.10 Å². The van der Waals surface area contributed by atoms with Gasteiger partial charge in [0.1, 0.15) is 6.54 Å². The second kappa shape index (κ2) is 9.18. The van der Waals surface area contributed by atoms with Crippen LogP contribution in [0.3, 0.4) is 0 Å². The number of sulfonamides is 1. The summed E-state index contributed by atoms with van der Waals surface area (Å²) in [7, 11) is -3.62. The third-order valence-electron chi connectivity index (χ3n) is 5.46. The monoisotopic (exact) mass is 467 g/mol. The van der Waals surface area contributed by atoms with Crippen LogP contribution in [0, 0.1) is 6.92 Å². The standard InChI is InChI=1S/C24H25N3O3S2/c1-17-8-3-6-11-22(17)27(32(2,29)30)16-24(28)26-15-20(23-12-7-13-31-23)19-14-25-21-10-5-4-9-18(19)21/h3-14,20,25H,15-16H2,1-2H3,(H,26,28). The Bertz CT molecular complexity index is 1330. The Morgan fingerprint density at radius 2 is 1.84 bits per heavy atom. The van der Waals surface area contributed by atoms with Crippen molar-refractivity contribution in [1.82, 2.24) is 10.3 Å². The van der Waals surface area contributed by atoms with E-state index < -0.39 is 10.0 Å². The molecule has 0 radical (unpaired) electrons. The molecule has 0 aliphatic heterocycles. The molecule has 0 aliphatic rings. The van der Waals surface area contributed by atoms with Gasteiger partial charge >= 0.3 is 0 Å². The van der Waals surface area contributed by atoms with E-state index in [9.17, 15) is 13.2 Å². The van der Waals surface area contributed by atoms with Crippen LogP contribution in [0.4, 0.5) is 5.69 Å². The zero-order valence-corrected chi connectivity index (χ0v) is 19.5. The average Bonchev–Trinajstić information content (AvgIpc) is 3.43. The number of hydrogen-bond acceptors (Lipinski definition) is 4. The fourth-order valence-electron chi connectivity index (χ4n) is 3.86. The molecular formula is C24H25N3O3S2. The smallest absolute Gasteiger partial charge is 0.240 e. The zero-order chi connectivity index (χ0) is 22.7. The molecule has 32 heavy (non-hydrogen) atoms. The van der Waals surface area contributed by atoms with Gasteiger partial charge < -0.3 is 10.3 Å². The number of H-pyrrole nitrogens is 1. The van der Waals surface area contributed by atoms with Crippen LogP contribution in [0.5, 0.6) is 0 Å². The molecule has 6 nitrogen and oxygen atoms in total. The van der Waals surface area contributed by atoms with Crippen LogP contribution in [-0.2, 0) is 14.8 Å². The van der Waals surface area contributed by atoms with Crippen molar-refractivity contribution < 1.29 is 13.2 Å². The van der Waals surface area contributed by atoms with Gasteiger partial charge in [0, 0.05) is 34.4 Å². The largest absolute Gasteiger partial charge is 0.361 e. The van der Waals surface area contributed by atoms with Crippen LogP contribution >= 0.6 is 11.3 Å². The highest BCUT2D eigenvalue weighted by Crippen LogP contribution is 2.32. The Morgan fingerprint density at radius 3 is 2.56 bits per heavy atom. The van der Waals surface area contributed by atoms with Crippen LogP contribution in [0.15, 0.2) is 72.2 Å². The number of carbonyl (C=O) groups excluding carboxylic acids is 1. The summed E-state index contributed by atoms with van der Waals surface area (Å²) in [6.07, 6.45) is 3.10. The van der Waals surface area contributed by atoms with Gasteiger partial charge in [-0.25, -0.2) is 8.42 Å². The topological polar surface area (TPSA) is 82.3 Å². The molecule has 4 aromatic rings. The van der Waals surface area contributed by atoms with E-state index in [1.165, 1.54) is 0 Å². The maximum atomic E-state index is 12.9. The highest BCUT2D eigenvalue weighted by atomic mass is 32.2. The maximum absolute atomic E-state index is 12.9. The Hall–Kier alpha value is -3.10. The fraction of sp³-hybridized carbons (Fsp3) is 0.208. The molecule has 0 fully saturated rings. The van der Waals surface area contributed by atoms with Crippen LogP contribution in [0.1, 0.15) is 21.9 Å². The number of fused-ring (bicyclic) bond motifs is 1. The molecular weight excluding hydrogens is 442 g/mol. The first kappa shape index (κ1) is 22.1. The lowest BCUT2D eigenvalue weighted by molar-refractivity contribution is -0.119. The number of carbonyl (C=O) groups is 1. The highest BCUT2D eigenvalue weighted by Gasteiger charge is 2.24. The van der Waals surface area contributed by atoms with Crippen LogP contribution in [0.2, 0.25) is 0 Å². The molecule has 2 aromatic heterocycles. The predicted octanol–water partition coefficient (Wildman–Crippen LogP) is 4.25. The summed E-state index contributed by atoms with van der Waals surface area (Å²) in [5.41, 5.74) is 3.44. The number of amides is 1. The minimum absolute atomic E-state index is 0.0414. The number of nitrogens with one attached hydrogen (secondary N) is 2. The van der Waals surface area contributed by atoms with Crippen molar-refractivity contribution in [3.63, 3.8) is 0 Å². The molecule has 2 heterocycles. The number of anilines is 1. The SMILES string of the molecule is Cc1ccccc1N(CC(=O)NCC(c1cccs1)c1c[nH]c2ccccc12)S(C)(=O)=O. The van der Waals surface area contributed by atoms with Crippen molar-refractivity contribution in [2.24, 2.45) is 0 Å². The number of thiophene rings is 1. The van der Waals surface area contributed by atoms with E-state index in [1.807, 2.05) is 54.9 Å². The first-order valence-corrected chi connectivity index (χ1v) is 13.0. The number of nitrogens with zero attached hydrogens (tertiary/aromatic N) is 1. The van der Waals surface area contributed by atoms with E-state index >= 15 is 0 Å². The fourth-order valence-corrected chi connectivity index (χ4v) is 5.62. The average molecular weight is 468 g/mol. The molecule has 166 valence electrons. The molecule has 0 aliphatic carbocycles. The highest BCUT2D eigenvalue weighted by molar-refractivity contribution is 7.92. The van der Waals surface area contributed by atoms with Crippen molar-refractivity contribution in [2.75, 3.05) is 23.7 Å². The molecule has 0 bridgehead atoms. The number of aryl methyl sites for hydroxylation is 1. The summed E-state index contributed by atoms with van der Waals surface area (Å²) < 4.78 is 26.0. The van der Waals surface area contributed by atoms with E-state index in [0.29, 0.717) is 12.2 Å². The van der Waals surface area contributed by atoms with Gasteiger partial charge in [0.2, 0.25) is 15.9 Å². The van der Waals surface area contributed by atoms with Gasteiger partial charge in [-0.1, -0.05) is 42.5 Å². The summed E-state index contributed by atoms with van der Waals surface area (Å²) in [5.74, 6) is -0.389. The Labute approximate surface area is 191 Å². The van der Waals surface area contributed by atoms with Crippen molar-refractivity contribution in [2.45, 2.75) is 12.8 Å². The lowest BCUT2D eigenvalue weighted by Gasteiger charge is -2.24. The summed E-state index contributed by atoms with van der Waals surface area (Å²) >= 11 is 1.63. The second-order valence-electron chi connectivity index (χ2n) is 7.72. The van der Waals surface area contributed by atoms with Gasteiger partial charge in [-0.05, 0) is 41.6 Å². The quantitative estimate of drug-likeness (QED) is 0.406. The molecule has 1 atom stereocenters. The van der Waals surface area contributed by atoms with Crippen LogP contribution in [-0.4, -0.2) is 38.7 Å². The van der Waals surface area contributed by atoms with E-state index in [0.717, 1.165) is 37.5 Å². The van der Waals surface area contributed by atoms with Gasteiger partial charge in [0.15, 0.2) is 0 Å². The molecule has 2 aromatic carbocycles. The Balaban J connectivity index is 1.56. The third-order valence-corrected chi connectivity index (χ3v) is 7.57. The van der Waals surface area contributed by atoms with Gasteiger partial charge in [0.05, 0.1) is 11.9 Å². The van der Waals surface area contributed by atoms with Gasteiger partial charge in [-0.15, -0.1) is 11.3 Å². The van der Waals surface area contributed by atoms with E-state index in [2.05, 4.69) is 22.4 Å². The molecule has 4 rings (SSSR count). The summed E-state index contributed by atoms with van der Waals surface area (Å²) in [6, 6.07) is 19.3. The predicted molar refractivity (Wildman–Crippen MR) is 131 cm³/mol. The summed E-state index contributed by atoms with van der Waals surface area (Å²) in [6.45, 7) is 1.93. The number of aromatic nitrogens is 1. The van der Waals surface area contributed by atoms with Crippen molar-refractivity contribution in [3.05, 3.63) is 88.2 Å². The number of benzene rings is 2.